The number of nitrogens with zero attached hydrogens (tertiary/aromatic N) is 2. The number of hydrogen-bond acceptors (Lipinski definition) is 2. The minimum absolute atomic E-state index is 0.00823. The highest BCUT2D eigenvalue weighted by atomic mass is 19.5. The van der Waals surface area contributed by atoms with Crippen LogP contribution in [-0.2, 0) is 11.2 Å². The van der Waals surface area contributed by atoms with Crippen molar-refractivity contribution >= 4 is 18.9 Å². The van der Waals surface area contributed by atoms with Crippen molar-refractivity contribution in [1.29, 1.82) is 5.39 Å². The van der Waals surface area contributed by atoms with Crippen LogP contribution in [0, 0.1) is 5.39 Å². The van der Waals surface area contributed by atoms with Crippen LogP contribution in [0.4, 0.5) is 23.0 Å². The molecule has 0 aliphatic heterocycles. The molecule has 92 valence electrons. The second-order valence-corrected chi connectivity index (χ2v) is 2.83. The summed E-state index contributed by atoms with van der Waals surface area (Å²) in [5.41, 5.74) is 1.11. The lowest BCUT2D eigenvalue weighted by Gasteiger charge is -1.94. The first-order valence-corrected chi connectivity index (χ1v) is 4.25. The third kappa shape index (κ3) is 10.2. The lowest BCUT2D eigenvalue weighted by Crippen LogP contribution is -2.02. The highest BCUT2D eigenvalue weighted by molar-refractivity contribution is 6.50. The van der Waals surface area contributed by atoms with Crippen molar-refractivity contribution in [3.8, 4) is 0 Å². The minimum atomic E-state index is -6.00. The molecule has 0 atom stereocenters. The highest BCUT2D eigenvalue weighted by Gasteiger charge is 2.20. The van der Waals surface area contributed by atoms with Gasteiger partial charge in [0.25, 0.3) is 0 Å². The maximum absolute atomic E-state index is 10.3. The summed E-state index contributed by atoms with van der Waals surface area (Å²) in [4.78, 5) is 13.2. The molecular formula is C8H7BF4N2O2. The molecule has 0 heterocycles. The van der Waals surface area contributed by atoms with Gasteiger partial charge in [0, 0.05) is 12.1 Å². The molecule has 1 aromatic carbocycles. The van der Waals surface area contributed by atoms with E-state index in [0.29, 0.717) is 11.3 Å². The van der Waals surface area contributed by atoms with Gasteiger partial charge in [0.05, 0.1) is 6.42 Å². The Morgan fingerprint density at radius 3 is 1.94 bits per heavy atom. The average Bonchev–Trinajstić information content (AvgIpc) is 2.15. The van der Waals surface area contributed by atoms with Crippen LogP contribution in [0.1, 0.15) is 5.56 Å². The molecule has 0 radical (unpaired) electrons. The summed E-state index contributed by atoms with van der Waals surface area (Å²) in [6.07, 6.45) is -0.00823. The van der Waals surface area contributed by atoms with Crippen LogP contribution in [0.3, 0.4) is 0 Å². The lowest BCUT2D eigenvalue weighted by molar-refractivity contribution is -0.136. The maximum Gasteiger partial charge on any atom is 0.673 e. The van der Waals surface area contributed by atoms with Crippen molar-refractivity contribution < 1.29 is 27.2 Å². The number of carbonyl (C=O) groups is 1. The Kier molecular flexibility index (Phi) is 5.67. The van der Waals surface area contributed by atoms with Gasteiger partial charge in [-0.25, -0.2) is 0 Å². The van der Waals surface area contributed by atoms with Crippen LogP contribution < -0.4 is 0 Å². The van der Waals surface area contributed by atoms with Gasteiger partial charge in [-0.05, 0) is 5.56 Å². The van der Waals surface area contributed by atoms with Gasteiger partial charge in [0.2, 0.25) is 5.39 Å². The third-order valence-electron chi connectivity index (χ3n) is 1.41. The lowest BCUT2D eigenvalue weighted by atomic mass is 10.1. The molecule has 0 saturated carbocycles. The van der Waals surface area contributed by atoms with Crippen molar-refractivity contribution in [3.05, 3.63) is 34.8 Å². The number of benzene rings is 1. The van der Waals surface area contributed by atoms with Crippen molar-refractivity contribution in [3.63, 3.8) is 0 Å². The van der Waals surface area contributed by atoms with E-state index in [0.717, 1.165) is 0 Å². The fraction of sp³-hybridized carbons (Fsp3) is 0.125. The zero-order valence-electron chi connectivity index (χ0n) is 8.36. The van der Waals surface area contributed by atoms with E-state index < -0.39 is 13.2 Å². The molecule has 1 aromatic rings. The molecule has 4 nitrogen and oxygen atoms in total. The molecule has 0 unspecified atom stereocenters. The van der Waals surface area contributed by atoms with Crippen molar-refractivity contribution in [2.75, 3.05) is 0 Å². The summed E-state index contributed by atoms with van der Waals surface area (Å²) in [6.45, 7) is 0. The first kappa shape index (κ1) is 14.9. The van der Waals surface area contributed by atoms with Crippen molar-refractivity contribution in [2.45, 2.75) is 6.42 Å². The second kappa shape index (κ2) is 6.47. The number of carboxylic acids is 1. The van der Waals surface area contributed by atoms with Crippen LogP contribution in [-0.4, -0.2) is 18.3 Å². The molecule has 1 rings (SSSR count). The first-order valence-electron chi connectivity index (χ1n) is 4.25. The van der Waals surface area contributed by atoms with Gasteiger partial charge in [-0.15, -0.1) is 0 Å². The normalized spacial score (nSPS) is 9.82. The van der Waals surface area contributed by atoms with E-state index in [1.54, 1.807) is 24.3 Å². The quantitative estimate of drug-likeness (QED) is 0.498. The Hall–Kier alpha value is -2.11. The monoisotopic (exact) mass is 250 g/mol. The third-order valence-corrected chi connectivity index (χ3v) is 1.41. The number of diazo groups is 1. The maximum atomic E-state index is 10.3. The Morgan fingerprint density at radius 1 is 1.24 bits per heavy atom. The molecule has 1 N–H and O–H groups in total. The summed E-state index contributed by atoms with van der Waals surface area (Å²) >= 11 is 0. The summed E-state index contributed by atoms with van der Waals surface area (Å²) in [5, 5.41) is 16.7. The average molecular weight is 250 g/mol. The van der Waals surface area contributed by atoms with E-state index in [4.69, 9.17) is 10.5 Å². The second-order valence-electron chi connectivity index (χ2n) is 2.83. The predicted octanol–water partition coefficient (Wildman–Crippen LogP) is 3.10. The number of aliphatic carboxylic acids is 1. The van der Waals surface area contributed by atoms with Gasteiger partial charge in [-0.1, -0.05) is 12.1 Å². The molecular weight excluding hydrogens is 243 g/mol. The molecule has 0 saturated heterocycles. The van der Waals surface area contributed by atoms with Gasteiger partial charge in [0.1, 0.15) is 0 Å². The molecule has 0 aliphatic carbocycles. The zero-order valence-corrected chi connectivity index (χ0v) is 8.36. The Bertz CT molecular complexity index is 407. The summed E-state index contributed by atoms with van der Waals surface area (Å²) in [7, 11) is -6.00. The Balaban J connectivity index is 0.000000437. The Labute approximate surface area is 93.6 Å². The largest absolute Gasteiger partial charge is 0.673 e. The Morgan fingerprint density at radius 2 is 1.65 bits per heavy atom. The van der Waals surface area contributed by atoms with E-state index in [-0.39, 0.29) is 6.42 Å². The fourth-order valence-corrected chi connectivity index (χ4v) is 0.855. The number of carboxylic acid groups (broad SMARTS) is 1. The van der Waals surface area contributed by atoms with E-state index in [2.05, 4.69) is 4.98 Å². The minimum Gasteiger partial charge on any atom is -0.481 e. The first-order chi connectivity index (χ1) is 7.72. The molecule has 0 bridgehead atoms. The molecule has 0 fully saturated rings. The van der Waals surface area contributed by atoms with Crippen LogP contribution in [0.2, 0.25) is 0 Å². The van der Waals surface area contributed by atoms with E-state index in [9.17, 15) is 22.1 Å². The summed E-state index contributed by atoms with van der Waals surface area (Å²) < 4.78 is 39.0. The van der Waals surface area contributed by atoms with Gasteiger partial charge in [-0.2, -0.15) is 0 Å². The van der Waals surface area contributed by atoms with Crippen LogP contribution in [0.5, 0.6) is 0 Å². The van der Waals surface area contributed by atoms with E-state index >= 15 is 0 Å². The molecule has 0 spiro atoms. The smallest absolute Gasteiger partial charge is 0.481 e. The summed E-state index contributed by atoms with van der Waals surface area (Å²) in [6, 6.07) is 6.34. The van der Waals surface area contributed by atoms with Gasteiger partial charge < -0.3 is 22.4 Å². The SMILES string of the molecule is F[B-](F)(F)F.N#[N+]c1ccc(CC(=O)O)cc1. The van der Waals surface area contributed by atoms with E-state index in [1.807, 2.05) is 0 Å². The number of rotatable bonds is 2. The van der Waals surface area contributed by atoms with Crippen molar-refractivity contribution in [1.82, 2.24) is 0 Å². The molecule has 0 aromatic heterocycles. The zero-order chi connectivity index (χ0) is 13.5. The number of hydrogen-bond donors (Lipinski definition) is 1. The standard InChI is InChI=1S/C8H6N2O2.BF4/c9-10-7-3-1-6(2-4-7)5-8(11)12;2-1(3,4)5/h1-4H,5H2;/q;-1/p+1. The van der Waals surface area contributed by atoms with Crippen LogP contribution >= 0.6 is 0 Å². The molecule has 0 aliphatic rings. The fourth-order valence-electron chi connectivity index (χ4n) is 0.855. The molecule has 9 heteroatoms. The predicted molar refractivity (Wildman–Crippen MR) is 52.7 cm³/mol. The number of halogens is 4. The molecule has 0 amide bonds. The van der Waals surface area contributed by atoms with Crippen molar-refractivity contribution in [2.24, 2.45) is 0 Å². The highest BCUT2D eigenvalue weighted by Crippen LogP contribution is 2.12. The topological polar surface area (TPSA) is 65.5 Å². The van der Waals surface area contributed by atoms with Gasteiger partial charge in [0.15, 0.2) is 4.98 Å². The summed E-state index contributed by atoms with van der Waals surface area (Å²) in [5.74, 6) is -0.872. The molecule has 17 heavy (non-hydrogen) atoms. The van der Waals surface area contributed by atoms with E-state index in [1.165, 1.54) is 0 Å². The van der Waals surface area contributed by atoms with Gasteiger partial charge in [-0.3, -0.25) is 4.79 Å². The van der Waals surface area contributed by atoms with Gasteiger partial charge >= 0.3 is 18.9 Å². The van der Waals surface area contributed by atoms with Crippen LogP contribution in [0.25, 0.3) is 4.98 Å². The van der Waals surface area contributed by atoms with Crippen LogP contribution in [0.15, 0.2) is 24.3 Å².